The van der Waals surface area contributed by atoms with Crippen LogP contribution in [-0.4, -0.2) is 31.4 Å². The highest BCUT2D eigenvalue weighted by Gasteiger charge is 2.07. The molecule has 1 amide bonds. The number of carbonyl (C=O) groups is 1. The lowest BCUT2D eigenvalue weighted by Gasteiger charge is -1.96. The molecule has 1 saturated heterocycles. The molecule has 0 aromatic heterocycles. The van der Waals surface area contributed by atoms with Crippen LogP contribution < -0.4 is 11.2 Å². The van der Waals surface area contributed by atoms with Crippen molar-refractivity contribution in [3.63, 3.8) is 0 Å². The monoisotopic (exact) mass is 157 g/mol. The number of nitrogens with zero attached hydrogens (tertiary/aromatic N) is 1. The molecule has 1 fully saturated rings. The second-order valence-corrected chi connectivity index (χ2v) is 2.28. The number of ether oxygens (including phenoxy) is 1. The third-order valence-corrected chi connectivity index (χ3v) is 1.29. The molecule has 0 atom stereocenters. The Balaban J connectivity index is 2.18. The number of amides is 1. The molecule has 1 aliphatic rings. The summed E-state index contributed by atoms with van der Waals surface area (Å²) in [5, 5.41) is 3.90. The first-order valence-corrected chi connectivity index (χ1v) is 3.43. The van der Waals surface area contributed by atoms with Gasteiger partial charge in [0.15, 0.2) is 0 Å². The summed E-state index contributed by atoms with van der Waals surface area (Å²) < 4.78 is 5.03. The quantitative estimate of drug-likeness (QED) is 0.507. The molecule has 5 nitrogen and oxygen atoms in total. The van der Waals surface area contributed by atoms with Crippen molar-refractivity contribution < 1.29 is 9.53 Å². The van der Waals surface area contributed by atoms with Crippen molar-refractivity contribution in [1.82, 2.24) is 5.43 Å². The van der Waals surface area contributed by atoms with E-state index in [-0.39, 0.29) is 6.54 Å². The molecule has 1 rings (SSSR count). The van der Waals surface area contributed by atoms with Crippen LogP contribution in [0.3, 0.4) is 0 Å². The van der Waals surface area contributed by atoms with E-state index in [2.05, 4.69) is 10.5 Å². The highest BCUT2D eigenvalue weighted by atomic mass is 16.5. The van der Waals surface area contributed by atoms with Crippen LogP contribution in [0.2, 0.25) is 0 Å². The lowest BCUT2D eigenvalue weighted by atomic mass is 10.3. The predicted molar refractivity (Wildman–Crippen MR) is 40.1 cm³/mol. The third kappa shape index (κ3) is 2.99. The Morgan fingerprint density at radius 1 is 1.82 bits per heavy atom. The van der Waals surface area contributed by atoms with Crippen LogP contribution in [0.1, 0.15) is 6.42 Å². The summed E-state index contributed by atoms with van der Waals surface area (Å²) in [7, 11) is 0. The number of rotatable bonds is 3. The van der Waals surface area contributed by atoms with Crippen LogP contribution in [0.5, 0.6) is 0 Å². The van der Waals surface area contributed by atoms with E-state index in [9.17, 15) is 4.79 Å². The van der Waals surface area contributed by atoms with Crippen molar-refractivity contribution in [2.24, 2.45) is 10.8 Å². The number of primary amides is 1. The minimum absolute atomic E-state index is 0.0868. The molecule has 0 aromatic rings. The van der Waals surface area contributed by atoms with Crippen LogP contribution in [0.25, 0.3) is 0 Å². The van der Waals surface area contributed by atoms with Crippen molar-refractivity contribution in [2.75, 3.05) is 19.8 Å². The third-order valence-electron chi connectivity index (χ3n) is 1.29. The van der Waals surface area contributed by atoms with Gasteiger partial charge in [0.1, 0.15) is 6.54 Å². The van der Waals surface area contributed by atoms with Gasteiger partial charge in [0, 0.05) is 6.42 Å². The van der Waals surface area contributed by atoms with E-state index in [4.69, 9.17) is 10.5 Å². The number of hydrazone groups is 1. The largest absolute Gasteiger partial charge is 0.375 e. The van der Waals surface area contributed by atoms with E-state index in [0.29, 0.717) is 6.61 Å². The summed E-state index contributed by atoms with van der Waals surface area (Å²) in [6.45, 7) is 1.37. The molecule has 0 radical (unpaired) electrons. The van der Waals surface area contributed by atoms with Gasteiger partial charge in [-0.15, -0.1) is 0 Å². The summed E-state index contributed by atoms with van der Waals surface area (Å²) in [5.74, 6) is -0.409. The maximum Gasteiger partial charge on any atom is 0.238 e. The Morgan fingerprint density at radius 3 is 3.18 bits per heavy atom. The molecule has 5 heteroatoms. The maximum atomic E-state index is 10.2. The molecule has 0 unspecified atom stereocenters. The number of carbonyl (C=O) groups excluding carboxylic acids is 1. The van der Waals surface area contributed by atoms with Gasteiger partial charge in [0.25, 0.3) is 0 Å². The van der Waals surface area contributed by atoms with Crippen LogP contribution in [0.4, 0.5) is 0 Å². The molecule has 11 heavy (non-hydrogen) atoms. The van der Waals surface area contributed by atoms with E-state index >= 15 is 0 Å². The van der Waals surface area contributed by atoms with Gasteiger partial charge >= 0.3 is 0 Å². The zero-order chi connectivity index (χ0) is 8.10. The molecule has 0 aliphatic carbocycles. The average molecular weight is 157 g/mol. The Bertz CT molecular complexity index is 171. The highest BCUT2D eigenvalue weighted by molar-refractivity contribution is 5.87. The van der Waals surface area contributed by atoms with Crippen LogP contribution in [0.15, 0.2) is 5.10 Å². The lowest BCUT2D eigenvalue weighted by molar-refractivity contribution is -0.117. The van der Waals surface area contributed by atoms with Gasteiger partial charge in [0.2, 0.25) is 5.91 Å². The highest BCUT2D eigenvalue weighted by Crippen LogP contribution is 1.97. The van der Waals surface area contributed by atoms with Crippen LogP contribution in [-0.2, 0) is 9.53 Å². The van der Waals surface area contributed by atoms with E-state index in [1.807, 2.05) is 0 Å². The van der Waals surface area contributed by atoms with Gasteiger partial charge in [0.05, 0.1) is 18.9 Å². The Hall–Kier alpha value is -1.10. The average Bonchev–Trinajstić information content (AvgIpc) is 2.39. The van der Waals surface area contributed by atoms with Crippen molar-refractivity contribution in [3.8, 4) is 0 Å². The Kier molecular flexibility index (Phi) is 2.85. The van der Waals surface area contributed by atoms with Gasteiger partial charge in [-0.05, 0) is 0 Å². The number of nitrogens with one attached hydrogen (secondary N) is 1. The van der Waals surface area contributed by atoms with E-state index < -0.39 is 5.91 Å². The summed E-state index contributed by atoms with van der Waals surface area (Å²) in [6.07, 6.45) is 0.839. The topological polar surface area (TPSA) is 76.7 Å². The Labute approximate surface area is 64.6 Å². The molecule has 0 bridgehead atoms. The van der Waals surface area contributed by atoms with Gasteiger partial charge < -0.3 is 15.9 Å². The van der Waals surface area contributed by atoms with Gasteiger partial charge in [-0.1, -0.05) is 0 Å². The second kappa shape index (κ2) is 3.92. The first-order chi connectivity index (χ1) is 5.29. The molecule has 62 valence electrons. The fourth-order valence-corrected chi connectivity index (χ4v) is 0.770. The van der Waals surface area contributed by atoms with E-state index in [0.717, 1.165) is 18.7 Å². The summed E-state index contributed by atoms with van der Waals surface area (Å²) in [4.78, 5) is 10.2. The molecular formula is C6H11N3O2. The van der Waals surface area contributed by atoms with Crippen molar-refractivity contribution >= 4 is 11.6 Å². The molecule has 0 saturated carbocycles. The zero-order valence-corrected chi connectivity index (χ0v) is 6.17. The van der Waals surface area contributed by atoms with Crippen molar-refractivity contribution in [2.45, 2.75) is 6.42 Å². The SMILES string of the molecule is NC(=O)CN/N=C1/CCOC1. The fourth-order valence-electron chi connectivity index (χ4n) is 0.770. The zero-order valence-electron chi connectivity index (χ0n) is 6.17. The smallest absolute Gasteiger partial charge is 0.238 e. The van der Waals surface area contributed by atoms with E-state index in [1.54, 1.807) is 0 Å². The Morgan fingerprint density at radius 2 is 2.64 bits per heavy atom. The van der Waals surface area contributed by atoms with Gasteiger partial charge in [-0.2, -0.15) is 5.10 Å². The van der Waals surface area contributed by atoms with Gasteiger partial charge in [-0.3, -0.25) is 4.79 Å². The van der Waals surface area contributed by atoms with E-state index in [1.165, 1.54) is 0 Å². The molecule has 0 aromatic carbocycles. The molecule has 1 aliphatic heterocycles. The normalized spacial score (nSPS) is 20.5. The summed E-state index contributed by atoms with van der Waals surface area (Å²) >= 11 is 0. The number of hydrogen-bond acceptors (Lipinski definition) is 4. The molecule has 1 heterocycles. The first-order valence-electron chi connectivity index (χ1n) is 3.43. The predicted octanol–water partition coefficient (Wildman–Crippen LogP) is -1.16. The summed E-state index contributed by atoms with van der Waals surface area (Å²) in [6, 6.07) is 0. The molecule has 3 N–H and O–H groups in total. The van der Waals surface area contributed by atoms with Crippen molar-refractivity contribution in [3.05, 3.63) is 0 Å². The van der Waals surface area contributed by atoms with Crippen LogP contribution >= 0.6 is 0 Å². The number of nitrogens with two attached hydrogens (primary N) is 1. The van der Waals surface area contributed by atoms with Crippen molar-refractivity contribution in [1.29, 1.82) is 0 Å². The minimum atomic E-state index is -0.409. The van der Waals surface area contributed by atoms with Crippen LogP contribution in [0, 0.1) is 0 Å². The summed E-state index contributed by atoms with van der Waals surface area (Å²) in [5.41, 5.74) is 8.37. The minimum Gasteiger partial charge on any atom is -0.375 e. The molecular weight excluding hydrogens is 146 g/mol. The molecule has 0 spiro atoms. The standard InChI is InChI=1S/C6H11N3O2/c7-6(10)3-8-9-5-1-2-11-4-5/h8H,1-4H2,(H2,7,10)/b9-5-. The van der Waals surface area contributed by atoms with Gasteiger partial charge in [-0.25, -0.2) is 0 Å². The lowest BCUT2D eigenvalue weighted by Crippen LogP contribution is -2.26. The second-order valence-electron chi connectivity index (χ2n) is 2.28. The fraction of sp³-hybridized carbons (Fsp3) is 0.667. The maximum absolute atomic E-state index is 10.2. The number of hydrogen-bond donors (Lipinski definition) is 2. The first kappa shape index (κ1) is 8.00.